The van der Waals surface area contributed by atoms with E-state index in [1.807, 2.05) is 25.1 Å². The first-order chi connectivity index (χ1) is 5.88. The lowest BCUT2D eigenvalue weighted by molar-refractivity contribution is 0.571. The zero-order chi connectivity index (χ0) is 8.39. The fourth-order valence-electron chi connectivity index (χ4n) is 1.13. The smallest absolute Gasteiger partial charge is 0.181 e. The van der Waals surface area contributed by atoms with Crippen molar-refractivity contribution in [3.05, 3.63) is 42.4 Å². The third kappa shape index (κ3) is 1.11. The van der Waals surface area contributed by atoms with Crippen LogP contribution >= 0.6 is 0 Å². The van der Waals surface area contributed by atoms with Crippen LogP contribution in [0.4, 0.5) is 0 Å². The van der Waals surface area contributed by atoms with Crippen LogP contribution in [0.3, 0.4) is 0 Å². The van der Waals surface area contributed by atoms with Gasteiger partial charge in [0.2, 0.25) is 0 Å². The van der Waals surface area contributed by atoms with Crippen LogP contribution in [0.5, 0.6) is 0 Å². The summed E-state index contributed by atoms with van der Waals surface area (Å²) in [5.74, 6) is 0.771. The van der Waals surface area contributed by atoms with Crippen molar-refractivity contribution in [2.75, 3.05) is 0 Å². The Balaban J connectivity index is 2.55. The molecule has 12 heavy (non-hydrogen) atoms. The third-order valence-electron chi connectivity index (χ3n) is 1.74. The predicted molar refractivity (Wildman–Crippen MR) is 45.5 cm³/mol. The second kappa shape index (κ2) is 2.81. The molecule has 0 saturated carbocycles. The van der Waals surface area contributed by atoms with Crippen LogP contribution in [-0.4, -0.2) is 4.98 Å². The molecular weight excluding hydrogens is 150 g/mol. The van der Waals surface area contributed by atoms with E-state index < -0.39 is 0 Å². The Kier molecular flexibility index (Phi) is 1.67. The van der Waals surface area contributed by atoms with Gasteiger partial charge in [-0.25, -0.2) is 4.98 Å². The summed E-state index contributed by atoms with van der Waals surface area (Å²) < 4.78 is 5.16. The van der Waals surface area contributed by atoms with Crippen molar-refractivity contribution >= 4 is 0 Å². The molecule has 2 nitrogen and oxygen atoms in total. The lowest BCUT2D eigenvalue weighted by atomic mass is 10.1. The van der Waals surface area contributed by atoms with Gasteiger partial charge in [-0.2, -0.15) is 0 Å². The number of aryl methyl sites for hydroxylation is 1. The van der Waals surface area contributed by atoms with Gasteiger partial charge in [-0.3, -0.25) is 0 Å². The Morgan fingerprint density at radius 2 is 2.42 bits per heavy atom. The van der Waals surface area contributed by atoms with Crippen LogP contribution in [-0.2, 0) is 0 Å². The van der Waals surface area contributed by atoms with E-state index in [1.54, 1.807) is 6.20 Å². The van der Waals surface area contributed by atoms with Crippen LogP contribution < -0.4 is 0 Å². The highest BCUT2D eigenvalue weighted by atomic mass is 16.3. The van der Waals surface area contributed by atoms with Crippen molar-refractivity contribution in [2.45, 2.75) is 6.92 Å². The van der Waals surface area contributed by atoms with Gasteiger partial charge >= 0.3 is 0 Å². The molecule has 2 rings (SSSR count). The van der Waals surface area contributed by atoms with Crippen molar-refractivity contribution in [1.82, 2.24) is 4.98 Å². The Morgan fingerprint density at radius 1 is 1.50 bits per heavy atom. The number of nitrogens with zero attached hydrogens (tertiary/aromatic N) is 1. The molecule has 0 aliphatic rings. The van der Waals surface area contributed by atoms with Crippen LogP contribution in [0.25, 0.3) is 11.3 Å². The van der Waals surface area contributed by atoms with Gasteiger partial charge in [-0.1, -0.05) is 18.2 Å². The minimum absolute atomic E-state index is 0.771. The Morgan fingerprint density at radius 3 is 3.08 bits per heavy atom. The molecule has 2 heteroatoms. The molecule has 0 atom stereocenters. The third-order valence-corrected chi connectivity index (χ3v) is 1.74. The molecule has 59 valence electrons. The standard InChI is InChI=1S/C10H8NO/c1-8-4-2-3-5-9(8)10-6-11-7-12-10/h2-4,6-7H,1H3. The van der Waals surface area contributed by atoms with E-state index in [9.17, 15) is 0 Å². The van der Waals surface area contributed by atoms with Gasteiger partial charge in [-0.15, -0.1) is 0 Å². The molecule has 1 heterocycles. The summed E-state index contributed by atoms with van der Waals surface area (Å²) in [6, 6.07) is 8.95. The van der Waals surface area contributed by atoms with Crippen molar-refractivity contribution in [2.24, 2.45) is 0 Å². The molecule has 0 unspecified atom stereocenters. The second-order valence-corrected chi connectivity index (χ2v) is 2.59. The predicted octanol–water partition coefficient (Wildman–Crippen LogP) is 2.45. The molecule has 2 aromatic rings. The normalized spacial score (nSPS) is 10.1. The van der Waals surface area contributed by atoms with Crippen LogP contribution in [0, 0.1) is 13.0 Å². The van der Waals surface area contributed by atoms with E-state index in [4.69, 9.17) is 4.42 Å². The molecule has 1 aromatic carbocycles. The molecule has 0 aliphatic heterocycles. The Bertz CT molecular complexity index is 365. The van der Waals surface area contributed by atoms with Crippen molar-refractivity contribution in [3.8, 4) is 11.3 Å². The topological polar surface area (TPSA) is 26.0 Å². The fraction of sp³-hybridized carbons (Fsp3) is 0.100. The van der Waals surface area contributed by atoms with E-state index >= 15 is 0 Å². The van der Waals surface area contributed by atoms with Crippen LogP contribution in [0.1, 0.15) is 5.56 Å². The van der Waals surface area contributed by atoms with Gasteiger partial charge in [0.25, 0.3) is 0 Å². The summed E-state index contributed by atoms with van der Waals surface area (Å²) in [5.41, 5.74) is 2.13. The van der Waals surface area contributed by atoms with Gasteiger partial charge in [0, 0.05) is 5.56 Å². The fourth-order valence-corrected chi connectivity index (χ4v) is 1.13. The number of oxazole rings is 1. The second-order valence-electron chi connectivity index (χ2n) is 2.59. The van der Waals surface area contributed by atoms with Crippen LogP contribution in [0.15, 0.2) is 35.2 Å². The first-order valence-electron chi connectivity index (χ1n) is 3.74. The highest BCUT2D eigenvalue weighted by Crippen LogP contribution is 2.21. The lowest BCUT2D eigenvalue weighted by Crippen LogP contribution is -1.79. The highest BCUT2D eigenvalue weighted by Gasteiger charge is 2.02. The lowest BCUT2D eigenvalue weighted by Gasteiger charge is -1.98. The maximum absolute atomic E-state index is 5.16. The van der Waals surface area contributed by atoms with Gasteiger partial charge in [-0.05, 0) is 18.6 Å². The largest absolute Gasteiger partial charge is 0.443 e. The molecule has 0 N–H and O–H groups in total. The first-order valence-corrected chi connectivity index (χ1v) is 3.74. The van der Waals surface area contributed by atoms with E-state index in [0.717, 1.165) is 16.9 Å². The van der Waals surface area contributed by atoms with E-state index in [1.165, 1.54) is 6.39 Å². The van der Waals surface area contributed by atoms with Crippen molar-refractivity contribution in [1.29, 1.82) is 0 Å². The monoisotopic (exact) mass is 158 g/mol. The molecule has 1 aromatic heterocycles. The van der Waals surface area contributed by atoms with Gasteiger partial charge in [0.1, 0.15) is 0 Å². The van der Waals surface area contributed by atoms with Gasteiger partial charge in [0.05, 0.1) is 6.20 Å². The van der Waals surface area contributed by atoms with Crippen LogP contribution in [0.2, 0.25) is 0 Å². The summed E-state index contributed by atoms with van der Waals surface area (Å²) in [4.78, 5) is 3.85. The molecule has 0 aliphatic carbocycles. The Hall–Kier alpha value is -1.57. The van der Waals surface area contributed by atoms with Gasteiger partial charge in [0.15, 0.2) is 12.2 Å². The zero-order valence-corrected chi connectivity index (χ0v) is 6.74. The number of benzene rings is 1. The van der Waals surface area contributed by atoms with Gasteiger partial charge < -0.3 is 4.42 Å². The molecule has 0 saturated heterocycles. The average Bonchev–Trinajstić information content (AvgIpc) is 2.57. The summed E-state index contributed by atoms with van der Waals surface area (Å²) in [6.45, 7) is 2.02. The minimum atomic E-state index is 0.771. The van der Waals surface area contributed by atoms with Crippen molar-refractivity contribution in [3.63, 3.8) is 0 Å². The zero-order valence-electron chi connectivity index (χ0n) is 6.74. The van der Waals surface area contributed by atoms with Crippen molar-refractivity contribution < 1.29 is 4.42 Å². The number of hydrogen-bond acceptors (Lipinski definition) is 2. The summed E-state index contributed by atoms with van der Waals surface area (Å²) in [5, 5.41) is 0. The summed E-state index contributed by atoms with van der Waals surface area (Å²) in [7, 11) is 0. The summed E-state index contributed by atoms with van der Waals surface area (Å²) >= 11 is 0. The molecule has 0 amide bonds. The molecular formula is C10H8NO. The molecule has 0 bridgehead atoms. The minimum Gasteiger partial charge on any atom is -0.443 e. The maximum atomic E-state index is 5.16. The first kappa shape index (κ1) is 7.10. The van der Waals surface area contributed by atoms with E-state index in [0.29, 0.717) is 0 Å². The molecule has 0 spiro atoms. The number of rotatable bonds is 1. The molecule has 1 radical (unpaired) electrons. The van der Waals surface area contributed by atoms with E-state index in [-0.39, 0.29) is 0 Å². The highest BCUT2D eigenvalue weighted by molar-refractivity contribution is 5.59. The average molecular weight is 158 g/mol. The quantitative estimate of drug-likeness (QED) is 0.637. The maximum Gasteiger partial charge on any atom is 0.181 e. The Labute approximate surface area is 70.9 Å². The van der Waals surface area contributed by atoms with E-state index in [2.05, 4.69) is 11.1 Å². The number of hydrogen-bond donors (Lipinski definition) is 0. The number of aromatic nitrogens is 1. The summed E-state index contributed by atoms with van der Waals surface area (Å²) in [6.07, 6.45) is 3.12. The SMILES string of the molecule is Cc1ccc[c]c1-c1cnco1. The molecule has 0 fully saturated rings.